The molecule has 4 rings (SSSR count). The first-order chi connectivity index (χ1) is 15.5. The summed E-state index contributed by atoms with van der Waals surface area (Å²) in [5.74, 6) is -1.76. The smallest absolute Gasteiger partial charge is 0.407 e. The fraction of sp³-hybridized carbons (Fsp3) is 0.227. The number of alkyl carbamates (subject to hydrolysis) is 1. The lowest BCUT2D eigenvalue weighted by Crippen LogP contribution is -2.44. The van der Waals surface area contributed by atoms with Crippen molar-refractivity contribution in [2.24, 2.45) is 0 Å². The molecule has 1 aromatic heterocycles. The van der Waals surface area contributed by atoms with Gasteiger partial charge in [0.15, 0.2) is 0 Å². The van der Waals surface area contributed by atoms with Crippen molar-refractivity contribution in [3.05, 3.63) is 65.9 Å². The Kier molecular flexibility index (Phi) is 6.41. The van der Waals surface area contributed by atoms with E-state index in [1.165, 1.54) is 6.20 Å². The van der Waals surface area contributed by atoms with Crippen molar-refractivity contribution in [2.75, 3.05) is 11.9 Å². The highest BCUT2D eigenvalue weighted by Crippen LogP contribution is 2.44. The van der Waals surface area contributed by atoms with Gasteiger partial charge in [0.2, 0.25) is 5.91 Å². The lowest BCUT2D eigenvalue weighted by atomic mass is 9.98. The average Bonchev–Trinajstić information content (AvgIpc) is 3.41. The standard InChI is InChI=1S/C22H20N4O5S/c27-20(28)10-9-18(21(29)25-19-11-23-26-32-19)24-22(30)31-12-17-15-7-3-1-5-13(15)14-6-2-4-8-16(14)17/h1-8,11,17-18H,9-10,12H2,(H,24,30)(H,25,29)(H,27,28). The second kappa shape index (κ2) is 9.56. The zero-order chi connectivity index (χ0) is 22.5. The van der Waals surface area contributed by atoms with Gasteiger partial charge in [-0.25, -0.2) is 4.79 Å². The van der Waals surface area contributed by atoms with E-state index >= 15 is 0 Å². The van der Waals surface area contributed by atoms with Crippen LogP contribution in [0.25, 0.3) is 11.1 Å². The van der Waals surface area contributed by atoms with Gasteiger partial charge in [-0.15, -0.1) is 5.10 Å². The van der Waals surface area contributed by atoms with Crippen LogP contribution in [0.5, 0.6) is 0 Å². The van der Waals surface area contributed by atoms with E-state index in [1.807, 2.05) is 48.5 Å². The van der Waals surface area contributed by atoms with E-state index in [4.69, 9.17) is 9.84 Å². The van der Waals surface area contributed by atoms with Crippen LogP contribution < -0.4 is 10.6 Å². The molecule has 2 amide bonds. The Morgan fingerprint density at radius 3 is 2.31 bits per heavy atom. The second-order valence-corrected chi connectivity index (χ2v) is 8.01. The monoisotopic (exact) mass is 452 g/mol. The van der Waals surface area contributed by atoms with E-state index < -0.39 is 24.0 Å². The van der Waals surface area contributed by atoms with Crippen LogP contribution in [0.15, 0.2) is 54.7 Å². The van der Waals surface area contributed by atoms with Crippen LogP contribution >= 0.6 is 11.5 Å². The maximum absolute atomic E-state index is 12.5. The third-order valence-corrected chi connectivity index (χ3v) is 5.79. The molecule has 1 aliphatic carbocycles. The number of carbonyl (C=O) groups excluding carboxylic acids is 2. The molecule has 10 heteroatoms. The quantitative estimate of drug-likeness (QED) is 0.478. The summed E-state index contributed by atoms with van der Waals surface area (Å²) >= 11 is 0.973. The van der Waals surface area contributed by atoms with Crippen LogP contribution in [0, 0.1) is 0 Å². The molecule has 1 unspecified atom stereocenters. The average molecular weight is 452 g/mol. The largest absolute Gasteiger partial charge is 0.481 e. The number of anilines is 1. The van der Waals surface area contributed by atoms with Crippen LogP contribution in [-0.2, 0) is 14.3 Å². The number of rotatable bonds is 8. The van der Waals surface area contributed by atoms with E-state index in [2.05, 4.69) is 20.2 Å². The van der Waals surface area contributed by atoms with Gasteiger partial charge < -0.3 is 20.5 Å². The van der Waals surface area contributed by atoms with Crippen molar-refractivity contribution in [1.29, 1.82) is 0 Å². The number of nitrogens with zero attached hydrogens (tertiary/aromatic N) is 2. The Labute approximate surface area is 187 Å². The fourth-order valence-electron chi connectivity index (χ4n) is 3.75. The first-order valence-electron chi connectivity index (χ1n) is 9.94. The molecule has 3 N–H and O–H groups in total. The minimum atomic E-state index is -1.08. The number of fused-ring (bicyclic) bond motifs is 3. The topological polar surface area (TPSA) is 131 Å². The van der Waals surface area contributed by atoms with E-state index in [9.17, 15) is 14.4 Å². The van der Waals surface area contributed by atoms with Crippen LogP contribution in [0.4, 0.5) is 9.80 Å². The Morgan fingerprint density at radius 1 is 1.06 bits per heavy atom. The van der Waals surface area contributed by atoms with Gasteiger partial charge >= 0.3 is 12.1 Å². The van der Waals surface area contributed by atoms with Crippen molar-refractivity contribution in [3.8, 4) is 11.1 Å². The minimum absolute atomic E-state index is 0.0857. The number of nitrogens with one attached hydrogen (secondary N) is 2. The number of carbonyl (C=O) groups is 3. The number of aliphatic carboxylic acids is 1. The predicted molar refractivity (Wildman–Crippen MR) is 117 cm³/mol. The van der Waals surface area contributed by atoms with Gasteiger partial charge in [0.25, 0.3) is 0 Å². The SMILES string of the molecule is O=C(O)CCC(NC(=O)OCC1c2ccccc2-c2ccccc21)C(=O)Nc1cnns1. The van der Waals surface area contributed by atoms with Gasteiger partial charge in [0.05, 0.1) is 6.20 Å². The summed E-state index contributed by atoms with van der Waals surface area (Å²) in [6, 6.07) is 14.8. The summed E-state index contributed by atoms with van der Waals surface area (Å²) in [6.45, 7) is 0.0892. The van der Waals surface area contributed by atoms with Gasteiger partial charge in [-0.05, 0) is 28.7 Å². The number of carboxylic acid groups (broad SMARTS) is 1. The summed E-state index contributed by atoms with van der Waals surface area (Å²) in [5.41, 5.74) is 4.35. The van der Waals surface area contributed by atoms with Crippen molar-refractivity contribution in [1.82, 2.24) is 14.9 Å². The maximum Gasteiger partial charge on any atom is 0.407 e. The molecule has 164 valence electrons. The lowest BCUT2D eigenvalue weighted by Gasteiger charge is -2.19. The first kappa shape index (κ1) is 21.4. The van der Waals surface area contributed by atoms with E-state index in [0.717, 1.165) is 33.8 Å². The zero-order valence-corrected chi connectivity index (χ0v) is 17.7. The van der Waals surface area contributed by atoms with Gasteiger partial charge in [0, 0.05) is 23.9 Å². The van der Waals surface area contributed by atoms with Crippen molar-refractivity contribution >= 4 is 34.5 Å². The number of benzene rings is 2. The molecule has 1 atom stereocenters. The van der Waals surface area contributed by atoms with Crippen LogP contribution in [0.2, 0.25) is 0 Å². The highest BCUT2D eigenvalue weighted by atomic mass is 32.1. The number of aromatic nitrogens is 2. The summed E-state index contributed by atoms with van der Waals surface area (Å²) in [5, 5.41) is 18.0. The van der Waals surface area contributed by atoms with E-state index in [0.29, 0.717) is 5.00 Å². The molecule has 0 bridgehead atoms. The number of hydrogen-bond donors (Lipinski definition) is 3. The Bertz CT molecular complexity index is 1090. The van der Waals surface area contributed by atoms with E-state index in [1.54, 1.807) is 0 Å². The lowest BCUT2D eigenvalue weighted by molar-refractivity contribution is -0.137. The molecule has 9 nitrogen and oxygen atoms in total. The van der Waals surface area contributed by atoms with Gasteiger partial charge in [-0.1, -0.05) is 53.0 Å². The molecule has 0 aliphatic heterocycles. The normalized spacial score (nSPS) is 13.0. The minimum Gasteiger partial charge on any atom is -0.481 e. The molecule has 1 aliphatic rings. The summed E-state index contributed by atoms with van der Waals surface area (Å²) in [7, 11) is 0. The molecule has 1 heterocycles. The number of amides is 2. The van der Waals surface area contributed by atoms with Gasteiger partial charge in [0.1, 0.15) is 17.6 Å². The number of carboxylic acids is 1. The maximum atomic E-state index is 12.5. The summed E-state index contributed by atoms with van der Waals surface area (Å²) < 4.78 is 9.11. The molecular formula is C22H20N4O5S. The third-order valence-electron chi connectivity index (χ3n) is 5.21. The van der Waals surface area contributed by atoms with Crippen molar-refractivity contribution < 1.29 is 24.2 Å². The van der Waals surface area contributed by atoms with Crippen LogP contribution in [0.1, 0.15) is 29.9 Å². The van der Waals surface area contributed by atoms with Crippen molar-refractivity contribution in [3.63, 3.8) is 0 Å². The fourth-order valence-corrected chi connectivity index (χ4v) is 4.17. The zero-order valence-electron chi connectivity index (χ0n) is 16.9. The molecule has 0 radical (unpaired) electrons. The highest BCUT2D eigenvalue weighted by Gasteiger charge is 2.30. The number of hydrogen-bond acceptors (Lipinski definition) is 7. The molecule has 32 heavy (non-hydrogen) atoms. The Balaban J connectivity index is 1.42. The van der Waals surface area contributed by atoms with E-state index in [-0.39, 0.29) is 25.4 Å². The Morgan fingerprint density at radius 2 is 1.72 bits per heavy atom. The molecule has 0 spiro atoms. The van der Waals surface area contributed by atoms with Gasteiger partial charge in [-0.3, -0.25) is 9.59 Å². The molecule has 0 saturated carbocycles. The third kappa shape index (κ3) is 4.75. The molecule has 3 aromatic rings. The van der Waals surface area contributed by atoms with Gasteiger partial charge in [-0.2, -0.15) is 0 Å². The second-order valence-electron chi connectivity index (χ2n) is 7.23. The Hall–Kier alpha value is -3.79. The molecule has 0 fully saturated rings. The van der Waals surface area contributed by atoms with Crippen LogP contribution in [0.3, 0.4) is 0 Å². The van der Waals surface area contributed by atoms with Crippen molar-refractivity contribution in [2.45, 2.75) is 24.8 Å². The first-order valence-corrected chi connectivity index (χ1v) is 10.7. The predicted octanol–water partition coefficient (Wildman–Crippen LogP) is 3.25. The molecular weight excluding hydrogens is 432 g/mol. The molecule has 2 aromatic carbocycles. The summed E-state index contributed by atoms with van der Waals surface area (Å²) in [6.07, 6.45) is 0.199. The van der Waals surface area contributed by atoms with Crippen LogP contribution in [-0.4, -0.2) is 45.3 Å². The summed E-state index contributed by atoms with van der Waals surface area (Å²) in [4.78, 5) is 36.0. The molecule has 0 saturated heterocycles. The number of ether oxygens (including phenoxy) is 1. The highest BCUT2D eigenvalue weighted by molar-refractivity contribution is 7.10.